The molecule has 2 N–H and O–H groups in total. The van der Waals surface area contributed by atoms with E-state index in [0.29, 0.717) is 0 Å². The van der Waals surface area contributed by atoms with Gasteiger partial charge in [0.1, 0.15) is 18.3 Å². The van der Waals surface area contributed by atoms with Crippen LogP contribution in [0.5, 0.6) is 0 Å². The van der Waals surface area contributed by atoms with Crippen LogP contribution in [0.3, 0.4) is 0 Å². The molecule has 0 radical (unpaired) electrons. The van der Waals surface area contributed by atoms with E-state index in [2.05, 4.69) is 5.10 Å². The highest BCUT2D eigenvalue weighted by molar-refractivity contribution is 5.64. The molecule has 0 aromatic carbocycles. The molecule has 0 aliphatic carbocycles. The van der Waals surface area contributed by atoms with Crippen molar-refractivity contribution in [3.63, 3.8) is 0 Å². The quantitative estimate of drug-likeness (QED) is 0.401. The van der Waals surface area contributed by atoms with Crippen molar-refractivity contribution in [2.24, 2.45) is 5.10 Å². The molecule has 0 spiro atoms. The number of nitrogens with zero attached hydrogens (tertiary/aromatic N) is 2. The molecule has 1 aliphatic rings. The molecule has 70 valence electrons. The van der Waals surface area contributed by atoms with Crippen LogP contribution in [-0.2, 0) is 4.74 Å². The molecule has 0 aromatic heterocycles. The fraction of sp³-hybridized carbons (Fsp3) is 0.857. The Morgan fingerprint density at radius 2 is 2.17 bits per heavy atom. The van der Waals surface area contributed by atoms with Gasteiger partial charge >= 0.3 is 0 Å². The van der Waals surface area contributed by atoms with Gasteiger partial charge in [0.15, 0.2) is 0 Å². The van der Waals surface area contributed by atoms with Crippen LogP contribution in [0.2, 0.25) is 0 Å². The van der Waals surface area contributed by atoms with Gasteiger partial charge in [-0.1, -0.05) is 0 Å². The van der Waals surface area contributed by atoms with E-state index in [4.69, 9.17) is 9.84 Å². The molecule has 0 bridgehead atoms. The van der Waals surface area contributed by atoms with E-state index in [1.54, 1.807) is 19.1 Å². The molecule has 3 atom stereocenters. The van der Waals surface area contributed by atoms with Crippen molar-refractivity contribution < 1.29 is 14.9 Å². The predicted octanol–water partition coefficient (Wildman–Crippen LogP) is -1.35. The Morgan fingerprint density at radius 1 is 1.50 bits per heavy atom. The number of hydrazone groups is 1. The summed E-state index contributed by atoms with van der Waals surface area (Å²) in [5, 5.41) is 23.9. The topological polar surface area (TPSA) is 65.3 Å². The van der Waals surface area contributed by atoms with Crippen LogP contribution in [0.15, 0.2) is 5.10 Å². The molecule has 1 fully saturated rings. The Balaban J connectivity index is 2.44. The van der Waals surface area contributed by atoms with Gasteiger partial charge in [0.05, 0.1) is 12.8 Å². The first-order chi connectivity index (χ1) is 5.61. The molecule has 1 heterocycles. The minimum Gasteiger partial charge on any atom is -0.388 e. The van der Waals surface area contributed by atoms with E-state index in [-0.39, 0.29) is 6.61 Å². The maximum atomic E-state index is 9.29. The summed E-state index contributed by atoms with van der Waals surface area (Å²) in [7, 11) is 3.54. The first kappa shape index (κ1) is 9.44. The van der Waals surface area contributed by atoms with Crippen LogP contribution in [-0.4, -0.2) is 60.5 Å². The minimum absolute atomic E-state index is 0.172. The average Bonchev–Trinajstić information content (AvgIpc) is 2.30. The zero-order valence-electron chi connectivity index (χ0n) is 7.21. The Morgan fingerprint density at radius 3 is 2.58 bits per heavy atom. The summed E-state index contributed by atoms with van der Waals surface area (Å²) < 4.78 is 5.05. The van der Waals surface area contributed by atoms with Crippen LogP contribution < -0.4 is 0 Å². The summed E-state index contributed by atoms with van der Waals surface area (Å²) in [5.41, 5.74) is 0. The van der Waals surface area contributed by atoms with Crippen LogP contribution >= 0.6 is 0 Å². The molecule has 5 nitrogen and oxygen atoms in total. The summed E-state index contributed by atoms with van der Waals surface area (Å²) in [5.74, 6) is 0. The Labute approximate surface area is 71.3 Å². The minimum atomic E-state index is -0.853. The molecule has 1 rings (SSSR count). The molecule has 12 heavy (non-hydrogen) atoms. The zero-order valence-corrected chi connectivity index (χ0v) is 7.21. The number of hydrogen-bond acceptors (Lipinski definition) is 5. The lowest BCUT2D eigenvalue weighted by atomic mass is 10.2. The lowest BCUT2D eigenvalue weighted by molar-refractivity contribution is 0.0479. The van der Waals surface area contributed by atoms with Crippen molar-refractivity contribution >= 4 is 6.21 Å². The largest absolute Gasteiger partial charge is 0.388 e. The van der Waals surface area contributed by atoms with Gasteiger partial charge in [-0.15, -0.1) is 0 Å². The molecule has 0 aromatic rings. The van der Waals surface area contributed by atoms with E-state index in [1.165, 1.54) is 6.21 Å². The average molecular weight is 174 g/mol. The highest BCUT2D eigenvalue weighted by Gasteiger charge is 2.33. The van der Waals surface area contributed by atoms with Crippen molar-refractivity contribution in [2.45, 2.75) is 18.3 Å². The van der Waals surface area contributed by atoms with Gasteiger partial charge in [0.25, 0.3) is 0 Å². The second-order valence-corrected chi connectivity index (χ2v) is 2.97. The first-order valence-corrected chi connectivity index (χ1v) is 3.80. The smallest absolute Gasteiger partial charge is 0.123 e. The van der Waals surface area contributed by atoms with Gasteiger partial charge in [-0.2, -0.15) is 5.10 Å². The molecule has 0 amide bonds. The molecule has 1 saturated heterocycles. The van der Waals surface area contributed by atoms with Gasteiger partial charge in [-0.25, -0.2) is 0 Å². The summed E-state index contributed by atoms with van der Waals surface area (Å²) in [6.07, 6.45) is -0.638. The Bertz CT molecular complexity index is 172. The van der Waals surface area contributed by atoms with E-state index in [1.807, 2.05) is 0 Å². The molecule has 0 unspecified atom stereocenters. The van der Waals surface area contributed by atoms with Crippen molar-refractivity contribution in [2.75, 3.05) is 20.7 Å². The van der Waals surface area contributed by atoms with Crippen molar-refractivity contribution in [3.05, 3.63) is 0 Å². The fourth-order valence-corrected chi connectivity index (χ4v) is 0.956. The molecule has 1 aliphatic heterocycles. The lowest BCUT2D eigenvalue weighted by Crippen LogP contribution is -2.31. The summed E-state index contributed by atoms with van der Waals surface area (Å²) in [4.78, 5) is 0. The number of rotatable bonds is 2. The highest BCUT2D eigenvalue weighted by atomic mass is 16.5. The molecular weight excluding hydrogens is 160 g/mol. The third-order valence-corrected chi connectivity index (χ3v) is 1.63. The summed E-state index contributed by atoms with van der Waals surface area (Å²) in [6, 6.07) is 0. The first-order valence-electron chi connectivity index (χ1n) is 3.80. The van der Waals surface area contributed by atoms with Gasteiger partial charge < -0.3 is 20.0 Å². The summed E-state index contributed by atoms with van der Waals surface area (Å²) >= 11 is 0. The van der Waals surface area contributed by atoms with Crippen molar-refractivity contribution in [1.29, 1.82) is 0 Å². The maximum Gasteiger partial charge on any atom is 0.123 e. The predicted molar refractivity (Wildman–Crippen MR) is 43.9 cm³/mol. The number of aliphatic hydroxyl groups is 2. The van der Waals surface area contributed by atoms with Gasteiger partial charge in [0, 0.05) is 14.1 Å². The van der Waals surface area contributed by atoms with Crippen LogP contribution in [0.1, 0.15) is 0 Å². The lowest BCUT2D eigenvalue weighted by Gasteiger charge is -2.10. The van der Waals surface area contributed by atoms with Gasteiger partial charge in [-0.05, 0) is 0 Å². The second-order valence-electron chi connectivity index (χ2n) is 2.97. The Kier molecular flexibility index (Phi) is 3.02. The van der Waals surface area contributed by atoms with E-state index < -0.39 is 18.3 Å². The third kappa shape index (κ3) is 2.17. The standard InChI is InChI=1S/C7H14N2O3/c1-9(2)8-3-6-7(11)5(10)4-12-6/h3,5-7,10-11H,4H2,1-2H3/b8-3+/t5-,6+,7-/m0/s1. The monoisotopic (exact) mass is 174 g/mol. The van der Waals surface area contributed by atoms with Crippen molar-refractivity contribution in [3.8, 4) is 0 Å². The third-order valence-electron chi connectivity index (χ3n) is 1.63. The number of aliphatic hydroxyl groups excluding tert-OH is 2. The summed E-state index contributed by atoms with van der Waals surface area (Å²) in [6.45, 7) is 0.172. The Hall–Kier alpha value is -0.650. The molecule has 0 saturated carbocycles. The normalized spacial score (nSPS) is 36.2. The maximum absolute atomic E-state index is 9.29. The molecular formula is C7H14N2O3. The molecule has 5 heteroatoms. The fourth-order valence-electron chi connectivity index (χ4n) is 0.956. The van der Waals surface area contributed by atoms with Crippen LogP contribution in [0, 0.1) is 0 Å². The van der Waals surface area contributed by atoms with Gasteiger partial charge in [-0.3, -0.25) is 0 Å². The SMILES string of the molecule is CN(C)/N=C/[C@H]1OC[C@H](O)[C@@H]1O. The van der Waals surface area contributed by atoms with Crippen LogP contribution in [0.25, 0.3) is 0 Å². The number of hydrogen-bond donors (Lipinski definition) is 2. The van der Waals surface area contributed by atoms with Crippen molar-refractivity contribution in [1.82, 2.24) is 5.01 Å². The highest BCUT2D eigenvalue weighted by Crippen LogP contribution is 2.12. The van der Waals surface area contributed by atoms with E-state index >= 15 is 0 Å². The van der Waals surface area contributed by atoms with E-state index in [9.17, 15) is 5.11 Å². The van der Waals surface area contributed by atoms with Gasteiger partial charge in [0.2, 0.25) is 0 Å². The van der Waals surface area contributed by atoms with Crippen LogP contribution in [0.4, 0.5) is 0 Å². The van der Waals surface area contributed by atoms with E-state index in [0.717, 1.165) is 0 Å². The second kappa shape index (κ2) is 3.84. The zero-order chi connectivity index (χ0) is 9.14. The number of ether oxygens (including phenoxy) is 1.